The van der Waals surface area contributed by atoms with Crippen LogP contribution in [-0.2, 0) is 13.1 Å². The van der Waals surface area contributed by atoms with Crippen molar-refractivity contribution in [1.82, 2.24) is 25.8 Å². The molecule has 2 heterocycles. The first-order chi connectivity index (χ1) is 10.1. The van der Waals surface area contributed by atoms with Gasteiger partial charge in [0.25, 0.3) is 0 Å². The average molecular weight is 436 g/mol. The van der Waals surface area contributed by atoms with Gasteiger partial charge >= 0.3 is 0 Å². The predicted molar refractivity (Wildman–Crippen MR) is 97.7 cm³/mol. The first-order valence-electron chi connectivity index (χ1n) is 6.76. The van der Waals surface area contributed by atoms with E-state index in [1.165, 1.54) is 0 Å². The van der Waals surface area contributed by atoms with Crippen molar-refractivity contribution in [1.29, 1.82) is 0 Å². The molecule has 0 fully saturated rings. The molecule has 0 aliphatic carbocycles. The van der Waals surface area contributed by atoms with Crippen molar-refractivity contribution >= 4 is 41.3 Å². The Morgan fingerprint density at radius 1 is 1.32 bits per heavy atom. The van der Waals surface area contributed by atoms with E-state index in [-0.39, 0.29) is 24.0 Å². The predicted octanol–water partition coefficient (Wildman–Crippen LogP) is 2.44. The number of guanidine groups is 1. The van der Waals surface area contributed by atoms with Gasteiger partial charge in [-0.05, 0) is 5.92 Å². The fourth-order valence-corrected chi connectivity index (χ4v) is 2.52. The quantitative estimate of drug-likeness (QED) is 0.425. The van der Waals surface area contributed by atoms with E-state index in [0.717, 1.165) is 10.7 Å². The van der Waals surface area contributed by atoms with E-state index in [4.69, 9.17) is 4.52 Å². The van der Waals surface area contributed by atoms with Crippen molar-refractivity contribution < 1.29 is 4.52 Å². The standard InChI is InChI=1S/C13H20N6OS.HI/c1-8(2)10-7-21-12(18-10)6-16-13(14-4)15-5-11-17-9(3)20-19-11;/h7-8H,5-6H2,1-4H3,(H2,14,15,16);1H. The maximum Gasteiger partial charge on any atom is 0.223 e. The smallest absolute Gasteiger partial charge is 0.223 e. The van der Waals surface area contributed by atoms with Crippen molar-refractivity contribution in [2.24, 2.45) is 4.99 Å². The molecule has 2 N–H and O–H groups in total. The summed E-state index contributed by atoms with van der Waals surface area (Å²) in [6.45, 7) is 7.14. The Morgan fingerprint density at radius 2 is 2.05 bits per heavy atom. The topological polar surface area (TPSA) is 88.2 Å². The molecular weight excluding hydrogens is 415 g/mol. The summed E-state index contributed by atoms with van der Waals surface area (Å²) < 4.78 is 4.92. The molecule has 22 heavy (non-hydrogen) atoms. The zero-order chi connectivity index (χ0) is 15.2. The van der Waals surface area contributed by atoms with E-state index in [1.807, 2.05) is 0 Å². The van der Waals surface area contributed by atoms with Gasteiger partial charge in [-0.25, -0.2) is 4.98 Å². The molecule has 0 spiro atoms. The number of aryl methyl sites for hydroxylation is 1. The lowest BCUT2D eigenvalue weighted by atomic mass is 10.2. The summed E-state index contributed by atoms with van der Waals surface area (Å²) >= 11 is 1.65. The van der Waals surface area contributed by atoms with Crippen LogP contribution < -0.4 is 10.6 Å². The van der Waals surface area contributed by atoms with Gasteiger partial charge in [0, 0.05) is 19.4 Å². The van der Waals surface area contributed by atoms with Crippen LogP contribution >= 0.6 is 35.3 Å². The minimum Gasteiger partial charge on any atom is -0.350 e. The van der Waals surface area contributed by atoms with Gasteiger partial charge in [-0.1, -0.05) is 19.0 Å². The first-order valence-corrected chi connectivity index (χ1v) is 7.64. The summed E-state index contributed by atoms with van der Waals surface area (Å²) in [5.74, 6) is 2.29. The summed E-state index contributed by atoms with van der Waals surface area (Å²) in [6.07, 6.45) is 0. The van der Waals surface area contributed by atoms with Crippen LogP contribution in [0.15, 0.2) is 14.9 Å². The summed E-state index contributed by atoms with van der Waals surface area (Å²) in [4.78, 5) is 12.8. The normalized spacial score (nSPS) is 11.4. The van der Waals surface area contributed by atoms with E-state index >= 15 is 0 Å². The molecule has 7 nitrogen and oxygen atoms in total. The number of nitrogens with zero attached hydrogens (tertiary/aromatic N) is 4. The number of aromatic nitrogens is 3. The fourth-order valence-electron chi connectivity index (χ4n) is 1.63. The Labute approximate surface area is 151 Å². The third-order valence-electron chi connectivity index (χ3n) is 2.78. The van der Waals surface area contributed by atoms with Crippen molar-refractivity contribution in [3.05, 3.63) is 27.8 Å². The Bertz CT molecular complexity index is 609. The largest absolute Gasteiger partial charge is 0.350 e. The second-order valence-corrected chi connectivity index (χ2v) is 5.77. The van der Waals surface area contributed by atoms with Gasteiger partial charge in [-0.2, -0.15) is 4.98 Å². The highest BCUT2D eigenvalue weighted by molar-refractivity contribution is 14.0. The summed E-state index contributed by atoms with van der Waals surface area (Å²) in [5, 5.41) is 13.3. The van der Waals surface area contributed by atoms with Crippen LogP contribution in [-0.4, -0.2) is 28.1 Å². The Morgan fingerprint density at radius 3 is 2.59 bits per heavy atom. The van der Waals surface area contributed by atoms with E-state index in [1.54, 1.807) is 25.3 Å². The number of hydrogen-bond donors (Lipinski definition) is 2. The van der Waals surface area contributed by atoms with Crippen molar-refractivity contribution in [2.45, 2.75) is 39.8 Å². The maximum atomic E-state index is 4.92. The highest BCUT2D eigenvalue weighted by atomic mass is 127. The van der Waals surface area contributed by atoms with Crippen LogP contribution in [0.4, 0.5) is 0 Å². The minimum absolute atomic E-state index is 0. The monoisotopic (exact) mass is 436 g/mol. The van der Waals surface area contributed by atoms with Gasteiger partial charge < -0.3 is 15.2 Å². The van der Waals surface area contributed by atoms with Crippen LogP contribution in [0.2, 0.25) is 0 Å². The molecule has 0 saturated heterocycles. The number of thiazole rings is 1. The van der Waals surface area contributed by atoms with E-state index in [9.17, 15) is 0 Å². The molecule has 2 rings (SSSR count). The molecule has 122 valence electrons. The number of rotatable bonds is 5. The Hall–Kier alpha value is -1.23. The highest BCUT2D eigenvalue weighted by Crippen LogP contribution is 2.17. The summed E-state index contributed by atoms with van der Waals surface area (Å²) in [7, 11) is 1.72. The molecular formula is C13H21IN6OS. The van der Waals surface area contributed by atoms with Crippen LogP contribution in [0.1, 0.15) is 42.2 Å². The Balaban J connectivity index is 0.00000242. The van der Waals surface area contributed by atoms with Gasteiger partial charge in [-0.3, -0.25) is 4.99 Å². The minimum atomic E-state index is 0. The van der Waals surface area contributed by atoms with Gasteiger partial charge in [-0.15, -0.1) is 35.3 Å². The zero-order valence-electron chi connectivity index (χ0n) is 13.1. The SMILES string of the molecule is CN=C(NCc1noc(C)n1)NCc1nc(C(C)C)cs1.I. The molecule has 2 aromatic rings. The second-order valence-electron chi connectivity index (χ2n) is 4.83. The second kappa shape index (κ2) is 9.03. The maximum absolute atomic E-state index is 4.92. The lowest BCUT2D eigenvalue weighted by Crippen LogP contribution is -2.36. The Kier molecular flexibility index (Phi) is 7.73. The van der Waals surface area contributed by atoms with Crippen LogP contribution in [0, 0.1) is 6.92 Å². The highest BCUT2D eigenvalue weighted by Gasteiger charge is 2.07. The van der Waals surface area contributed by atoms with Crippen molar-refractivity contribution in [3.8, 4) is 0 Å². The van der Waals surface area contributed by atoms with Crippen molar-refractivity contribution in [3.63, 3.8) is 0 Å². The lowest BCUT2D eigenvalue weighted by molar-refractivity contribution is 0.387. The lowest BCUT2D eigenvalue weighted by Gasteiger charge is -2.08. The molecule has 0 radical (unpaired) electrons. The molecule has 0 aliphatic rings. The molecule has 9 heteroatoms. The molecule has 0 aliphatic heterocycles. The fraction of sp³-hybridized carbons (Fsp3) is 0.538. The number of aliphatic imine (C=N–C) groups is 1. The molecule has 0 bridgehead atoms. The van der Waals surface area contributed by atoms with Crippen LogP contribution in [0.5, 0.6) is 0 Å². The molecule has 0 unspecified atom stereocenters. The summed E-state index contributed by atoms with van der Waals surface area (Å²) in [6, 6.07) is 0. The third kappa shape index (κ3) is 5.52. The van der Waals surface area contributed by atoms with E-state index < -0.39 is 0 Å². The zero-order valence-corrected chi connectivity index (χ0v) is 16.2. The van der Waals surface area contributed by atoms with Gasteiger partial charge in [0.05, 0.1) is 18.8 Å². The molecule has 2 aromatic heterocycles. The van der Waals surface area contributed by atoms with E-state index in [2.05, 4.69) is 50.0 Å². The number of halogens is 1. The first kappa shape index (κ1) is 18.8. The average Bonchev–Trinajstić information content (AvgIpc) is 3.08. The van der Waals surface area contributed by atoms with Crippen molar-refractivity contribution in [2.75, 3.05) is 7.05 Å². The molecule has 0 saturated carbocycles. The molecule has 0 aromatic carbocycles. The number of hydrogen-bond acceptors (Lipinski definition) is 6. The number of nitrogens with one attached hydrogen (secondary N) is 2. The molecule has 0 amide bonds. The van der Waals surface area contributed by atoms with E-state index in [0.29, 0.717) is 36.7 Å². The molecule has 0 atom stereocenters. The van der Waals surface area contributed by atoms with Crippen LogP contribution in [0.3, 0.4) is 0 Å². The van der Waals surface area contributed by atoms with Gasteiger partial charge in [0.1, 0.15) is 5.01 Å². The van der Waals surface area contributed by atoms with Gasteiger partial charge in [0.15, 0.2) is 11.8 Å². The van der Waals surface area contributed by atoms with Crippen LogP contribution in [0.25, 0.3) is 0 Å². The van der Waals surface area contributed by atoms with Gasteiger partial charge in [0.2, 0.25) is 5.89 Å². The third-order valence-corrected chi connectivity index (χ3v) is 3.64. The summed E-state index contributed by atoms with van der Waals surface area (Å²) in [5.41, 5.74) is 1.13.